The van der Waals surface area contributed by atoms with Gasteiger partial charge in [0.15, 0.2) is 0 Å². The molecule has 0 aliphatic heterocycles. The average molecular weight is 514 g/mol. The number of rotatable bonds is 7. The van der Waals surface area contributed by atoms with Crippen LogP contribution in [0.2, 0.25) is 0 Å². The molecule has 0 saturated carbocycles. The SMILES string of the molecule is c1ccc(CNCc2cncc(-c3ccc4[nH]nc(-c5cc6c(-c7ccsc7)nccc6[nH]5)c4n3)c2)cc1. The molecule has 0 atom stereocenters. The van der Waals surface area contributed by atoms with E-state index in [0.717, 1.165) is 74.5 Å². The van der Waals surface area contributed by atoms with Gasteiger partial charge in [0.1, 0.15) is 11.2 Å². The van der Waals surface area contributed by atoms with Gasteiger partial charge in [0, 0.05) is 59.1 Å². The second-order valence-electron chi connectivity index (χ2n) is 9.15. The third-order valence-corrected chi connectivity index (χ3v) is 7.28. The van der Waals surface area contributed by atoms with Crippen LogP contribution in [0.25, 0.3) is 55.8 Å². The molecule has 0 spiro atoms. The fraction of sp³-hybridized carbons (Fsp3) is 0.0667. The van der Waals surface area contributed by atoms with Gasteiger partial charge in [-0.2, -0.15) is 16.4 Å². The molecule has 8 heteroatoms. The summed E-state index contributed by atoms with van der Waals surface area (Å²) in [6, 6.07) is 22.8. The molecule has 6 heterocycles. The molecule has 0 aliphatic carbocycles. The molecule has 0 amide bonds. The molecule has 0 saturated heterocycles. The largest absolute Gasteiger partial charge is 0.353 e. The van der Waals surface area contributed by atoms with Crippen molar-refractivity contribution in [2.24, 2.45) is 0 Å². The molecule has 3 N–H and O–H groups in total. The summed E-state index contributed by atoms with van der Waals surface area (Å²) >= 11 is 1.67. The molecule has 0 fully saturated rings. The summed E-state index contributed by atoms with van der Waals surface area (Å²) in [5, 5.41) is 16.5. The average Bonchev–Trinajstić information content (AvgIpc) is 3.73. The van der Waals surface area contributed by atoms with Crippen LogP contribution in [0.4, 0.5) is 0 Å². The minimum Gasteiger partial charge on any atom is -0.353 e. The number of H-pyrrole nitrogens is 2. The lowest BCUT2D eigenvalue weighted by atomic mass is 10.1. The van der Waals surface area contributed by atoms with Crippen molar-refractivity contribution < 1.29 is 0 Å². The first-order chi connectivity index (χ1) is 18.8. The Balaban J connectivity index is 1.20. The number of nitrogens with zero attached hydrogens (tertiary/aromatic N) is 4. The molecule has 38 heavy (non-hydrogen) atoms. The number of aromatic amines is 2. The van der Waals surface area contributed by atoms with Gasteiger partial charge < -0.3 is 10.3 Å². The molecule has 184 valence electrons. The van der Waals surface area contributed by atoms with Crippen molar-refractivity contribution in [3.8, 4) is 33.9 Å². The summed E-state index contributed by atoms with van der Waals surface area (Å²) in [5.41, 5.74) is 10.7. The molecule has 7 aromatic rings. The number of aromatic nitrogens is 6. The van der Waals surface area contributed by atoms with E-state index >= 15 is 0 Å². The summed E-state index contributed by atoms with van der Waals surface area (Å²) < 4.78 is 0. The fourth-order valence-corrected chi connectivity index (χ4v) is 5.37. The van der Waals surface area contributed by atoms with Gasteiger partial charge in [-0.3, -0.25) is 15.1 Å². The number of pyridine rings is 3. The first kappa shape index (κ1) is 22.5. The number of hydrogen-bond donors (Lipinski definition) is 3. The summed E-state index contributed by atoms with van der Waals surface area (Å²) in [4.78, 5) is 17.6. The molecule has 0 radical (unpaired) electrons. The number of thiophene rings is 1. The van der Waals surface area contributed by atoms with Crippen molar-refractivity contribution in [3.63, 3.8) is 0 Å². The van der Waals surface area contributed by atoms with Crippen LogP contribution in [-0.2, 0) is 13.1 Å². The van der Waals surface area contributed by atoms with Gasteiger partial charge in [-0.1, -0.05) is 30.3 Å². The Labute approximate surface area is 222 Å². The lowest BCUT2D eigenvalue weighted by Crippen LogP contribution is -2.12. The van der Waals surface area contributed by atoms with Crippen LogP contribution in [0.1, 0.15) is 11.1 Å². The van der Waals surface area contributed by atoms with Crippen molar-refractivity contribution in [1.29, 1.82) is 0 Å². The van der Waals surface area contributed by atoms with E-state index in [2.05, 4.69) is 83.7 Å². The summed E-state index contributed by atoms with van der Waals surface area (Å²) in [5.74, 6) is 0. The molecular weight excluding hydrogens is 490 g/mol. The predicted molar refractivity (Wildman–Crippen MR) is 153 cm³/mol. The van der Waals surface area contributed by atoms with Gasteiger partial charge in [0.25, 0.3) is 0 Å². The van der Waals surface area contributed by atoms with Gasteiger partial charge in [-0.05, 0) is 52.9 Å². The molecule has 1 aromatic carbocycles. The van der Waals surface area contributed by atoms with Crippen molar-refractivity contribution >= 4 is 33.3 Å². The maximum absolute atomic E-state index is 5.01. The summed E-state index contributed by atoms with van der Waals surface area (Å²) in [6.07, 6.45) is 5.59. The van der Waals surface area contributed by atoms with Gasteiger partial charge in [-0.15, -0.1) is 0 Å². The highest BCUT2D eigenvalue weighted by atomic mass is 32.1. The Morgan fingerprint density at radius 3 is 2.63 bits per heavy atom. The lowest BCUT2D eigenvalue weighted by Gasteiger charge is -2.07. The van der Waals surface area contributed by atoms with E-state index in [9.17, 15) is 0 Å². The second-order valence-corrected chi connectivity index (χ2v) is 9.93. The number of fused-ring (bicyclic) bond motifs is 2. The Morgan fingerprint density at radius 1 is 0.816 bits per heavy atom. The Morgan fingerprint density at radius 2 is 1.74 bits per heavy atom. The van der Waals surface area contributed by atoms with E-state index < -0.39 is 0 Å². The number of benzene rings is 1. The first-order valence-corrected chi connectivity index (χ1v) is 13.3. The maximum Gasteiger partial charge on any atom is 0.135 e. The van der Waals surface area contributed by atoms with Crippen molar-refractivity contribution in [2.45, 2.75) is 13.1 Å². The topological polar surface area (TPSA) is 95.2 Å². The van der Waals surface area contributed by atoms with E-state index in [1.807, 2.05) is 42.9 Å². The minimum atomic E-state index is 0.727. The van der Waals surface area contributed by atoms with Crippen LogP contribution in [0.15, 0.2) is 96.1 Å². The van der Waals surface area contributed by atoms with Gasteiger partial charge in [0.2, 0.25) is 0 Å². The van der Waals surface area contributed by atoms with E-state index in [1.165, 1.54) is 5.56 Å². The standard InChI is InChI=1S/C30H23N7S/c1-2-4-19(5-3-1)14-31-15-20-12-22(17-32-16-20)24-6-7-26-29(35-24)30(37-36-26)27-13-23-25(34-27)8-10-33-28(23)21-9-11-38-18-21/h1-13,16-18,31,34H,14-15H2,(H,36,37). The highest BCUT2D eigenvalue weighted by Gasteiger charge is 2.16. The number of hydrogen-bond acceptors (Lipinski definition) is 6. The van der Waals surface area contributed by atoms with E-state index in [4.69, 9.17) is 4.98 Å². The van der Waals surface area contributed by atoms with Crippen molar-refractivity contribution in [1.82, 2.24) is 35.5 Å². The van der Waals surface area contributed by atoms with Gasteiger partial charge in [-0.25, -0.2) is 4.98 Å². The molecule has 6 aromatic heterocycles. The minimum absolute atomic E-state index is 0.727. The van der Waals surface area contributed by atoms with Crippen LogP contribution >= 0.6 is 11.3 Å². The predicted octanol–water partition coefficient (Wildman–Crippen LogP) is 6.58. The Hall–Kier alpha value is -4.66. The quantitative estimate of drug-likeness (QED) is 0.224. The fourth-order valence-electron chi connectivity index (χ4n) is 4.73. The Kier molecular flexibility index (Phi) is 5.73. The zero-order chi connectivity index (χ0) is 25.3. The second kappa shape index (κ2) is 9.66. The van der Waals surface area contributed by atoms with E-state index in [-0.39, 0.29) is 0 Å². The molecular formula is C30H23N7S. The summed E-state index contributed by atoms with van der Waals surface area (Å²) in [6.45, 7) is 1.53. The highest BCUT2D eigenvalue weighted by molar-refractivity contribution is 7.08. The van der Waals surface area contributed by atoms with Crippen LogP contribution in [0, 0.1) is 0 Å². The van der Waals surface area contributed by atoms with Gasteiger partial charge in [0.05, 0.1) is 22.6 Å². The van der Waals surface area contributed by atoms with Crippen molar-refractivity contribution in [3.05, 3.63) is 107 Å². The normalized spacial score (nSPS) is 11.5. The first-order valence-electron chi connectivity index (χ1n) is 12.4. The van der Waals surface area contributed by atoms with Crippen molar-refractivity contribution in [2.75, 3.05) is 0 Å². The molecule has 7 nitrogen and oxygen atoms in total. The molecule has 0 aliphatic rings. The van der Waals surface area contributed by atoms with Crippen LogP contribution in [0.5, 0.6) is 0 Å². The third kappa shape index (κ3) is 4.26. The van der Waals surface area contributed by atoms with E-state index in [0.29, 0.717) is 0 Å². The molecule has 0 unspecified atom stereocenters. The monoisotopic (exact) mass is 513 g/mol. The zero-order valence-electron chi connectivity index (χ0n) is 20.3. The lowest BCUT2D eigenvalue weighted by molar-refractivity contribution is 0.691. The smallest absolute Gasteiger partial charge is 0.135 e. The Bertz CT molecular complexity index is 1850. The van der Waals surface area contributed by atoms with Crippen LogP contribution < -0.4 is 5.32 Å². The van der Waals surface area contributed by atoms with Gasteiger partial charge >= 0.3 is 0 Å². The maximum atomic E-state index is 5.01. The highest BCUT2D eigenvalue weighted by Crippen LogP contribution is 2.33. The molecule has 7 rings (SSSR count). The summed E-state index contributed by atoms with van der Waals surface area (Å²) in [7, 11) is 0. The van der Waals surface area contributed by atoms with E-state index in [1.54, 1.807) is 11.3 Å². The van der Waals surface area contributed by atoms with Crippen LogP contribution in [0.3, 0.4) is 0 Å². The third-order valence-electron chi connectivity index (χ3n) is 6.60. The molecule has 0 bridgehead atoms. The zero-order valence-corrected chi connectivity index (χ0v) is 21.2. The van der Waals surface area contributed by atoms with Crippen LogP contribution in [-0.4, -0.2) is 30.1 Å². The number of nitrogens with one attached hydrogen (secondary N) is 3.